The first-order valence-electron chi connectivity index (χ1n) is 14.6. The number of esters is 1. The van der Waals surface area contributed by atoms with Gasteiger partial charge < -0.3 is 19.7 Å². The van der Waals surface area contributed by atoms with E-state index < -0.39 is 12.0 Å². The predicted octanol–water partition coefficient (Wildman–Crippen LogP) is 7.23. The Morgan fingerprint density at radius 3 is 2.18 bits per heavy atom. The van der Waals surface area contributed by atoms with Crippen LogP contribution in [0.15, 0.2) is 103 Å². The molecule has 0 bridgehead atoms. The molecule has 0 aliphatic rings. The number of amides is 1. The number of anilines is 2. The molecular formula is C36H37ClN2O5. The standard InChI is InChI=1S/C36H37ClN2O5/c1-25(2)23-34(40)39(33-16-10-8-14-30(33)37)21-22-44-28-19-17-26(18-20-28)24-32(36(42)43-3)38-31-15-9-7-13-29(31)35(41)27-11-5-4-6-12-27/h4-20,25,32,38H,21-24H2,1-3H3. The number of hydrogen-bond acceptors (Lipinski definition) is 6. The number of nitrogens with zero attached hydrogens (tertiary/aromatic N) is 1. The van der Waals surface area contributed by atoms with E-state index in [0.29, 0.717) is 52.7 Å². The van der Waals surface area contributed by atoms with Crippen LogP contribution in [0.2, 0.25) is 5.02 Å². The van der Waals surface area contributed by atoms with E-state index in [2.05, 4.69) is 5.32 Å². The average Bonchev–Trinajstić information content (AvgIpc) is 3.03. The fourth-order valence-corrected chi connectivity index (χ4v) is 5.03. The minimum absolute atomic E-state index is 0.0135. The fraction of sp³-hybridized carbons (Fsp3) is 0.250. The van der Waals surface area contributed by atoms with Gasteiger partial charge in [0.2, 0.25) is 5.91 Å². The molecule has 0 saturated carbocycles. The SMILES string of the molecule is COC(=O)C(Cc1ccc(OCCN(C(=O)CC(C)C)c2ccccc2Cl)cc1)Nc1ccccc1C(=O)c1ccccc1. The zero-order valence-corrected chi connectivity index (χ0v) is 25.9. The van der Waals surface area contributed by atoms with Gasteiger partial charge in [-0.3, -0.25) is 9.59 Å². The number of para-hydroxylation sites is 2. The van der Waals surface area contributed by atoms with Gasteiger partial charge in [0, 0.05) is 29.7 Å². The zero-order chi connectivity index (χ0) is 31.5. The van der Waals surface area contributed by atoms with Crippen molar-refractivity contribution in [3.63, 3.8) is 0 Å². The summed E-state index contributed by atoms with van der Waals surface area (Å²) in [7, 11) is 1.34. The predicted molar refractivity (Wildman–Crippen MR) is 175 cm³/mol. The normalized spacial score (nSPS) is 11.5. The summed E-state index contributed by atoms with van der Waals surface area (Å²) in [6, 6.07) is 30.1. The Morgan fingerprint density at radius 1 is 0.841 bits per heavy atom. The summed E-state index contributed by atoms with van der Waals surface area (Å²) in [6.45, 7) is 4.62. The fourth-order valence-electron chi connectivity index (χ4n) is 4.80. The van der Waals surface area contributed by atoms with Gasteiger partial charge in [0.15, 0.2) is 5.78 Å². The Balaban J connectivity index is 1.42. The van der Waals surface area contributed by atoms with E-state index in [1.807, 2.05) is 80.6 Å². The van der Waals surface area contributed by atoms with Gasteiger partial charge in [-0.1, -0.05) is 92.2 Å². The van der Waals surface area contributed by atoms with Crippen LogP contribution in [-0.2, 0) is 20.7 Å². The van der Waals surface area contributed by atoms with Crippen molar-refractivity contribution in [2.45, 2.75) is 32.7 Å². The molecule has 44 heavy (non-hydrogen) atoms. The Labute approximate surface area is 263 Å². The van der Waals surface area contributed by atoms with E-state index in [9.17, 15) is 14.4 Å². The first-order chi connectivity index (χ1) is 21.3. The monoisotopic (exact) mass is 612 g/mol. The second-order valence-electron chi connectivity index (χ2n) is 10.8. The number of ketones is 1. The molecule has 8 heteroatoms. The molecule has 1 unspecified atom stereocenters. The summed E-state index contributed by atoms with van der Waals surface area (Å²) in [5.41, 5.74) is 3.11. The van der Waals surface area contributed by atoms with Crippen molar-refractivity contribution in [1.82, 2.24) is 0 Å². The molecule has 0 fully saturated rings. The third-order valence-electron chi connectivity index (χ3n) is 7.00. The lowest BCUT2D eigenvalue weighted by atomic mass is 10.00. The van der Waals surface area contributed by atoms with Crippen LogP contribution in [0.25, 0.3) is 0 Å². The summed E-state index contributed by atoms with van der Waals surface area (Å²) in [5.74, 6) is 0.240. The number of carbonyl (C=O) groups excluding carboxylic acids is 3. The minimum atomic E-state index is -0.729. The van der Waals surface area contributed by atoms with Gasteiger partial charge in [-0.05, 0) is 47.9 Å². The molecule has 0 heterocycles. The highest BCUT2D eigenvalue weighted by molar-refractivity contribution is 6.33. The number of nitrogens with one attached hydrogen (secondary N) is 1. The molecule has 0 aliphatic carbocycles. The summed E-state index contributed by atoms with van der Waals surface area (Å²) < 4.78 is 11.1. The van der Waals surface area contributed by atoms with Crippen LogP contribution >= 0.6 is 11.6 Å². The number of carbonyl (C=O) groups is 3. The molecule has 228 valence electrons. The minimum Gasteiger partial charge on any atom is -0.492 e. The maximum absolute atomic E-state index is 13.2. The maximum atomic E-state index is 13.2. The van der Waals surface area contributed by atoms with Crippen LogP contribution < -0.4 is 15.0 Å². The molecule has 1 atom stereocenters. The Bertz CT molecular complexity index is 1560. The molecule has 0 saturated heterocycles. The topological polar surface area (TPSA) is 84.9 Å². The Kier molecular flexibility index (Phi) is 11.5. The number of methoxy groups -OCH3 is 1. The highest BCUT2D eigenvalue weighted by Crippen LogP contribution is 2.27. The van der Waals surface area contributed by atoms with Crippen LogP contribution in [0.5, 0.6) is 5.75 Å². The largest absolute Gasteiger partial charge is 0.492 e. The second kappa shape index (κ2) is 15.7. The molecular weight excluding hydrogens is 576 g/mol. The number of halogens is 1. The van der Waals surface area contributed by atoms with Crippen molar-refractivity contribution in [1.29, 1.82) is 0 Å². The van der Waals surface area contributed by atoms with Gasteiger partial charge in [0.05, 0.1) is 24.4 Å². The van der Waals surface area contributed by atoms with Crippen LogP contribution in [0.4, 0.5) is 11.4 Å². The number of ether oxygens (including phenoxy) is 2. The van der Waals surface area contributed by atoms with Gasteiger partial charge in [0.1, 0.15) is 18.4 Å². The summed E-state index contributed by atoms with van der Waals surface area (Å²) >= 11 is 6.40. The van der Waals surface area contributed by atoms with Crippen LogP contribution in [0.1, 0.15) is 41.8 Å². The van der Waals surface area contributed by atoms with Gasteiger partial charge in [0.25, 0.3) is 0 Å². The number of rotatable bonds is 14. The van der Waals surface area contributed by atoms with Crippen molar-refractivity contribution in [2.24, 2.45) is 5.92 Å². The van der Waals surface area contributed by atoms with Crippen molar-refractivity contribution in [2.75, 3.05) is 30.5 Å². The average molecular weight is 613 g/mol. The first kappa shape index (κ1) is 32.3. The third kappa shape index (κ3) is 8.71. The van der Waals surface area contributed by atoms with Crippen LogP contribution in [0, 0.1) is 5.92 Å². The number of benzene rings is 4. The molecule has 0 radical (unpaired) electrons. The zero-order valence-electron chi connectivity index (χ0n) is 25.2. The highest BCUT2D eigenvalue weighted by Gasteiger charge is 2.23. The molecule has 0 aliphatic heterocycles. The molecule has 4 aromatic rings. The van der Waals surface area contributed by atoms with Crippen LogP contribution in [0.3, 0.4) is 0 Å². The van der Waals surface area contributed by atoms with Gasteiger partial charge in [-0.15, -0.1) is 0 Å². The van der Waals surface area contributed by atoms with E-state index in [0.717, 1.165) is 5.56 Å². The Morgan fingerprint density at radius 2 is 1.50 bits per heavy atom. The maximum Gasteiger partial charge on any atom is 0.328 e. The van der Waals surface area contributed by atoms with Crippen LogP contribution in [-0.4, -0.2) is 44.0 Å². The quantitative estimate of drug-likeness (QED) is 0.119. The third-order valence-corrected chi connectivity index (χ3v) is 7.32. The molecule has 0 spiro atoms. The van der Waals surface area contributed by atoms with E-state index in [-0.39, 0.29) is 24.2 Å². The number of hydrogen-bond donors (Lipinski definition) is 1. The molecule has 7 nitrogen and oxygen atoms in total. The summed E-state index contributed by atoms with van der Waals surface area (Å²) in [5, 5.41) is 3.74. The van der Waals surface area contributed by atoms with E-state index in [4.69, 9.17) is 21.1 Å². The van der Waals surface area contributed by atoms with Gasteiger partial charge in [-0.2, -0.15) is 0 Å². The van der Waals surface area contributed by atoms with Crippen molar-refractivity contribution < 1.29 is 23.9 Å². The lowest BCUT2D eigenvalue weighted by Gasteiger charge is -2.25. The van der Waals surface area contributed by atoms with E-state index in [1.165, 1.54) is 7.11 Å². The molecule has 1 amide bonds. The lowest BCUT2D eigenvalue weighted by molar-refractivity contribution is -0.141. The molecule has 4 aromatic carbocycles. The molecule has 4 rings (SSSR count). The Hall–Kier alpha value is -4.62. The molecule has 0 aromatic heterocycles. The lowest BCUT2D eigenvalue weighted by Crippen LogP contribution is -2.35. The smallest absolute Gasteiger partial charge is 0.328 e. The van der Waals surface area contributed by atoms with Gasteiger partial charge >= 0.3 is 5.97 Å². The van der Waals surface area contributed by atoms with Crippen molar-refractivity contribution in [3.05, 3.63) is 125 Å². The first-order valence-corrected chi connectivity index (χ1v) is 14.9. The summed E-state index contributed by atoms with van der Waals surface area (Å²) in [6.07, 6.45) is 0.727. The second-order valence-corrected chi connectivity index (χ2v) is 11.2. The van der Waals surface area contributed by atoms with Gasteiger partial charge in [-0.25, -0.2) is 4.79 Å². The highest BCUT2D eigenvalue weighted by atomic mass is 35.5. The van der Waals surface area contributed by atoms with Crippen molar-refractivity contribution >= 4 is 40.6 Å². The summed E-state index contributed by atoms with van der Waals surface area (Å²) in [4.78, 5) is 40.6. The van der Waals surface area contributed by atoms with E-state index in [1.54, 1.807) is 41.3 Å². The van der Waals surface area contributed by atoms with E-state index >= 15 is 0 Å². The van der Waals surface area contributed by atoms with Crippen molar-refractivity contribution in [3.8, 4) is 5.75 Å². The molecule has 1 N–H and O–H groups in total.